The second-order valence-electron chi connectivity index (χ2n) is 5.76. The van der Waals surface area contributed by atoms with Crippen LogP contribution in [0.3, 0.4) is 0 Å². The Morgan fingerprint density at radius 2 is 2.00 bits per heavy atom. The lowest BCUT2D eigenvalue weighted by Gasteiger charge is -2.14. The molecule has 1 N–H and O–H groups in total. The number of hydrogen-bond donors (Lipinski definition) is 1. The highest BCUT2D eigenvalue weighted by atomic mass is 35.5. The minimum absolute atomic E-state index is 0.124. The van der Waals surface area contributed by atoms with E-state index in [0.717, 1.165) is 17.8 Å². The highest BCUT2D eigenvalue weighted by molar-refractivity contribution is 6.30. The van der Waals surface area contributed by atoms with Gasteiger partial charge >= 0.3 is 0 Å². The molecule has 0 fully saturated rings. The molecule has 3 nitrogen and oxygen atoms in total. The average molecular weight is 310 g/mol. The third kappa shape index (κ3) is 3.63. The van der Waals surface area contributed by atoms with Crippen LogP contribution < -0.4 is 5.32 Å². The molecule has 5 heteroatoms. The fourth-order valence-corrected chi connectivity index (χ4v) is 2.40. The molecule has 0 aliphatic heterocycles. The molecule has 0 radical (unpaired) electrons. The Morgan fingerprint density at radius 3 is 2.57 bits per heavy atom. The van der Waals surface area contributed by atoms with Crippen molar-refractivity contribution in [1.29, 1.82) is 0 Å². The van der Waals surface area contributed by atoms with Crippen LogP contribution in [0, 0.1) is 5.82 Å². The van der Waals surface area contributed by atoms with E-state index in [1.54, 1.807) is 16.8 Å². The molecule has 114 valence electrons. The Bertz CT molecular complexity index is 620. The largest absolute Gasteiger partial charge is 0.310 e. The van der Waals surface area contributed by atoms with Crippen LogP contribution in [0.25, 0.3) is 5.69 Å². The Labute approximate surface area is 130 Å². The van der Waals surface area contributed by atoms with Gasteiger partial charge in [-0.2, -0.15) is 5.10 Å². The number of aromatic nitrogens is 2. The predicted octanol–water partition coefficient (Wildman–Crippen LogP) is 4.29. The summed E-state index contributed by atoms with van der Waals surface area (Å²) in [4.78, 5) is 0. The molecule has 0 spiro atoms. The number of hydrogen-bond acceptors (Lipinski definition) is 2. The zero-order valence-electron chi connectivity index (χ0n) is 12.8. The summed E-state index contributed by atoms with van der Waals surface area (Å²) in [6.45, 7) is 9.18. The molecule has 2 rings (SSSR count). The summed E-state index contributed by atoms with van der Waals surface area (Å²) in [5.74, 6) is -0.142. The summed E-state index contributed by atoms with van der Waals surface area (Å²) in [5, 5.41) is 7.94. The Hall–Kier alpha value is -1.39. The second kappa shape index (κ2) is 6.58. The highest BCUT2D eigenvalue weighted by Crippen LogP contribution is 2.25. The maximum Gasteiger partial charge on any atom is 0.143 e. The summed E-state index contributed by atoms with van der Waals surface area (Å²) in [6.07, 6.45) is 1.84. The van der Waals surface area contributed by atoms with Crippen LogP contribution >= 0.6 is 11.6 Å². The van der Waals surface area contributed by atoms with Crippen molar-refractivity contribution < 1.29 is 4.39 Å². The number of rotatable bonds is 5. The molecule has 0 aliphatic rings. The van der Waals surface area contributed by atoms with E-state index in [1.165, 1.54) is 6.07 Å². The standard InChI is InChI=1S/C16H21ClFN3/c1-10(2)16-12(8-19-11(3)4)9-20-21(16)13-5-6-14(17)15(18)7-13/h5-7,9-11,19H,8H2,1-4H3. The first kappa shape index (κ1) is 16.0. The quantitative estimate of drug-likeness (QED) is 0.893. The van der Waals surface area contributed by atoms with Crippen LogP contribution in [0.15, 0.2) is 24.4 Å². The Balaban J connectivity index is 2.41. The van der Waals surface area contributed by atoms with Gasteiger partial charge in [-0.05, 0) is 18.1 Å². The van der Waals surface area contributed by atoms with E-state index in [1.807, 2.05) is 6.20 Å². The van der Waals surface area contributed by atoms with Crippen LogP contribution in [-0.4, -0.2) is 15.8 Å². The van der Waals surface area contributed by atoms with Crippen LogP contribution in [-0.2, 0) is 6.54 Å². The molecule has 0 saturated heterocycles. The van der Waals surface area contributed by atoms with Crippen LogP contribution in [0.2, 0.25) is 5.02 Å². The van der Waals surface area contributed by atoms with E-state index in [2.05, 4.69) is 38.1 Å². The van der Waals surface area contributed by atoms with Gasteiger partial charge in [-0.25, -0.2) is 9.07 Å². The van der Waals surface area contributed by atoms with Crippen LogP contribution in [0.1, 0.15) is 44.9 Å². The molecule has 1 aromatic carbocycles. The van der Waals surface area contributed by atoms with Crippen molar-refractivity contribution >= 4 is 11.6 Å². The fourth-order valence-electron chi connectivity index (χ4n) is 2.28. The molecule has 1 aromatic heterocycles. The topological polar surface area (TPSA) is 29.9 Å². The first-order valence-electron chi connectivity index (χ1n) is 7.15. The van der Waals surface area contributed by atoms with Gasteiger partial charge in [0.1, 0.15) is 5.82 Å². The zero-order chi connectivity index (χ0) is 15.6. The lowest BCUT2D eigenvalue weighted by atomic mass is 10.1. The van der Waals surface area contributed by atoms with Gasteiger partial charge in [-0.15, -0.1) is 0 Å². The third-order valence-corrected chi connectivity index (χ3v) is 3.59. The van der Waals surface area contributed by atoms with Gasteiger partial charge < -0.3 is 5.32 Å². The SMILES string of the molecule is CC(C)NCc1cnn(-c2ccc(Cl)c(F)c2)c1C(C)C. The first-order valence-corrected chi connectivity index (χ1v) is 7.53. The number of nitrogens with zero attached hydrogens (tertiary/aromatic N) is 2. The van der Waals surface area contributed by atoms with E-state index in [-0.39, 0.29) is 10.9 Å². The van der Waals surface area contributed by atoms with E-state index in [0.29, 0.717) is 11.7 Å². The molecule has 0 saturated carbocycles. The van der Waals surface area contributed by atoms with E-state index in [4.69, 9.17) is 11.6 Å². The molecular weight excluding hydrogens is 289 g/mol. The highest BCUT2D eigenvalue weighted by Gasteiger charge is 2.16. The van der Waals surface area contributed by atoms with Crippen LogP contribution in [0.4, 0.5) is 4.39 Å². The van der Waals surface area contributed by atoms with Crippen molar-refractivity contribution in [3.63, 3.8) is 0 Å². The van der Waals surface area contributed by atoms with E-state index >= 15 is 0 Å². The van der Waals surface area contributed by atoms with Crippen molar-refractivity contribution in [2.24, 2.45) is 0 Å². The van der Waals surface area contributed by atoms with Gasteiger partial charge in [-0.3, -0.25) is 0 Å². The molecule has 2 aromatic rings. The van der Waals surface area contributed by atoms with Gasteiger partial charge in [0, 0.05) is 24.2 Å². The van der Waals surface area contributed by atoms with Crippen molar-refractivity contribution in [3.8, 4) is 5.69 Å². The summed E-state index contributed by atoms with van der Waals surface area (Å²) < 4.78 is 15.5. The minimum Gasteiger partial charge on any atom is -0.310 e. The summed E-state index contributed by atoms with van der Waals surface area (Å²) in [7, 11) is 0. The predicted molar refractivity (Wildman–Crippen MR) is 84.6 cm³/mol. The van der Waals surface area contributed by atoms with Gasteiger partial charge in [0.05, 0.1) is 22.6 Å². The summed E-state index contributed by atoms with van der Waals surface area (Å²) in [5.41, 5.74) is 2.91. The second-order valence-corrected chi connectivity index (χ2v) is 6.16. The molecule has 0 bridgehead atoms. The number of nitrogens with one attached hydrogen (secondary N) is 1. The van der Waals surface area contributed by atoms with Crippen molar-refractivity contribution in [1.82, 2.24) is 15.1 Å². The van der Waals surface area contributed by atoms with Gasteiger partial charge in [0.25, 0.3) is 0 Å². The van der Waals surface area contributed by atoms with Gasteiger partial charge in [0.2, 0.25) is 0 Å². The van der Waals surface area contributed by atoms with Gasteiger partial charge in [-0.1, -0.05) is 39.3 Å². The smallest absolute Gasteiger partial charge is 0.143 e. The molecule has 0 atom stereocenters. The summed E-state index contributed by atoms with van der Waals surface area (Å²) >= 11 is 5.75. The van der Waals surface area contributed by atoms with Crippen molar-refractivity contribution in [3.05, 3.63) is 46.5 Å². The average Bonchev–Trinajstić information content (AvgIpc) is 2.83. The Kier molecular flexibility index (Phi) is 5.01. The minimum atomic E-state index is -0.429. The zero-order valence-corrected chi connectivity index (χ0v) is 13.6. The van der Waals surface area contributed by atoms with Crippen molar-refractivity contribution in [2.75, 3.05) is 0 Å². The molecule has 0 unspecified atom stereocenters. The van der Waals surface area contributed by atoms with E-state index < -0.39 is 5.82 Å². The van der Waals surface area contributed by atoms with Crippen LogP contribution in [0.5, 0.6) is 0 Å². The Morgan fingerprint density at radius 1 is 1.29 bits per heavy atom. The fraction of sp³-hybridized carbons (Fsp3) is 0.438. The third-order valence-electron chi connectivity index (χ3n) is 3.28. The lowest BCUT2D eigenvalue weighted by molar-refractivity contribution is 0.582. The lowest BCUT2D eigenvalue weighted by Crippen LogP contribution is -2.22. The molecule has 21 heavy (non-hydrogen) atoms. The maximum atomic E-state index is 13.7. The maximum absolute atomic E-state index is 13.7. The molecule has 0 aliphatic carbocycles. The van der Waals surface area contributed by atoms with E-state index in [9.17, 15) is 4.39 Å². The molecular formula is C16H21ClFN3. The number of halogens is 2. The van der Waals surface area contributed by atoms with Gasteiger partial charge in [0.15, 0.2) is 0 Å². The number of benzene rings is 1. The first-order chi connectivity index (χ1) is 9.90. The monoisotopic (exact) mass is 309 g/mol. The molecule has 0 amide bonds. The van der Waals surface area contributed by atoms with Crippen molar-refractivity contribution in [2.45, 2.75) is 46.2 Å². The normalized spacial score (nSPS) is 11.6. The molecule has 1 heterocycles. The summed E-state index contributed by atoms with van der Waals surface area (Å²) in [6, 6.07) is 5.16.